The highest BCUT2D eigenvalue weighted by Crippen LogP contribution is 2.37. The number of nitrogens with zero attached hydrogens (tertiary/aromatic N) is 3. The molecule has 36 heavy (non-hydrogen) atoms. The summed E-state index contributed by atoms with van der Waals surface area (Å²) < 4.78 is 31.7. The summed E-state index contributed by atoms with van der Waals surface area (Å²) in [5, 5.41) is 4.85. The zero-order valence-electron chi connectivity index (χ0n) is 22.7. The Morgan fingerprint density at radius 1 is 1.06 bits per heavy atom. The molecule has 1 aromatic carbocycles. The van der Waals surface area contributed by atoms with E-state index in [1.807, 2.05) is 77.4 Å². The molecule has 1 aromatic heterocycles. The van der Waals surface area contributed by atoms with Crippen LogP contribution in [0.1, 0.15) is 65.4 Å². The van der Waals surface area contributed by atoms with Crippen molar-refractivity contribution >= 4 is 18.7 Å². The maximum absolute atomic E-state index is 12.8. The smallest absolute Gasteiger partial charge is 0.497 e. The second kappa shape index (κ2) is 9.72. The summed E-state index contributed by atoms with van der Waals surface area (Å²) in [4.78, 5) is 14.5. The number of hydrogen-bond acceptors (Lipinski definition) is 7. The molecule has 0 unspecified atom stereocenters. The number of aromatic nitrogens is 2. The van der Waals surface area contributed by atoms with E-state index in [1.54, 1.807) is 12.0 Å². The van der Waals surface area contributed by atoms with Gasteiger partial charge in [-0.05, 0) is 66.2 Å². The number of fused-ring (bicyclic) bond motifs is 1. The van der Waals surface area contributed by atoms with Gasteiger partial charge in [0, 0.05) is 12.0 Å². The van der Waals surface area contributed by atoms with Gasteiger partial charge in [0.05, 0.1) is 56.0 Å². The second-order valence-corrected chi connectivity index (χ2v) is 11.4. The maximum atomic E-state index is 12.8. The maximum Gasteiger partial charge on any atom is 0.498 e. The van der Waals surface area contributed by atoms with Crippen LogP contribution in [0, 0.1) is 0 Å². The van der Waals surface area contributed by atoms with Crippen molar-refractivity contribution in [2.75, 3.05) is 13.7 Å². The average molecular weight is 499 g/mol. The van der Waals surface area contributed by atoms with Crippen LogP contribution in [0.4, 0.5) is 4.79 Å². The summed E-state index contributed by atoms with van der Waals surface area (Å²) in [6.07, 6.45) is -0.341. The van der Waals surface area contributed by atoms with E-state index in [2.05, 4.69) is 0 Å². The molecule has 10 heteroatoms. The zero-order chi connectivity index (χ0) is 26.3. The highest BCUT2D eigenvalue weighted by molar-refractivity contribution is 6.63. The van der Waals surface area contributed by atoms with Crippen molar-refractivity contribution in [3.63, 3.8) is 0 Å². The number of methoxy groups -OCH3 is 1. The molecular weight excluding hydrogens is 461 g/mol. The molecule has 2 aromatic rings. The topological polar surface area (TPSA) is 84.3 Å². The molecule has 1 saturated heterocycles. The Kier molecular flexibility index (Phi) is 7.16. The van der Waals surface area contributed by atoms with Crippen molar-refractivity contribution in [2.24, 2.45) is 0 Å². The van der Waals surface area contributed by atoms with Crippen molar-refractivity contribution in [2.45, 2.75) is 91.6 Å². The van der Waals surface area contributed by atoms with Gasteiger partial charge in [0.1, 0.15) is 11.4 Å². The largest absolute Gasteiger partial charge is 0.498 e. The first-order valence-corrected chi connectivity index (χ1v) is 12.4. The third-order valence-corrected chi connectivity index (χ3v) is 6.90. The number of carbonyl (C=O) groups excluding carboxylic acids is 1. The van der Waals surface area contributed by atoms with E-state index in [-0.39, 0.29) is 12.7 Å². The van der Waals surface area contributed by atoms with Crippen LogP contribution < -0.4 is 10.2 Å². The lowest BCUT2D eigenvalue weighted by atomic mass is 9.76. The molecular formula is C26H38BN3O6. The molecule has 0 atom stereocenters. The van der Waals surface area contributed by atoms with Gasteiger partial charge in [0.15, 0.2) is 0 Å². The molecule has 0 bridgehead atoms. The molecule has 0 N–H and O–H groups in total. The van der Waals surface area contributed by atoms with Crippen molar-refractivity contribution < 1.29 is 28.3 Å². The van der Waals surface area contributed by atoms with Crippen molar-refractivity contribution in [3.8, 4) is 5.75 Å². The summed E-state index contributed by atoms with van der Waals surface area (Å²) in [6, 6.07) is 7.78. The van der Waals surface area contributed by atoms with Gasteiger partial charge in [0.25, 0.3) is 0 Å². The number of amides is 1. The summed E-state index contributed by atoms with van der Waals surface area (Å²) in [5.74, 6) is 0.804. The lowest BCUT2D eigenvalue weighted by Crippen LogP contribution is -2.45. The van der Waals surface area contributed by atoms with Gasteiger partial charge in [-0.1, -0.05) is 12.1 Å². The monoisotopic (exact) mass is 499 g/mol. The molecule has 9 nitrogen and oxygen atoms in total. The van der Waals surface area contributed by atoms with E-state index in [4.69, 9.17) is 28.6 Å². The highest BCUT2D eigenvalue weighted by atomic mass is 16.7. The van der Waals surface area contributed by atoms with Crippen LogP contribution in [0.3, 0.4) is 0 Å². The van der Waals surface area contributed by atoms with Crippen molar-refractivity contribution in [1.82, 2.24) is 14.7 Å². The van der Waals surface area contributed by atoms with E-state index in [0.717, 1.165) is 28.2 Å². The Labute approximate surface area is 214 Å². The minimum absolute atomic E-state index is 0.290. The fraction of sp³-hybridized carbons (Fsp3) is 0.615. The van der Waals surface area contributed by atoms with Gasteiger partial charge in [-0.3, -0.25) is 4.68 Å². The summed E-state index contributed by atoms with van der Waals surface area (Å²) >= 11 is 0. The van der Waals surface area contributed by atoms with E-state index < -0.39 is 23.9 Å². The number of ether oxygens (including phenoxy) is 3. The molecule has 2 aliphatic rings. The fourth-order valence-electron chi connectivity index (χ4n) is 4.20. The van der Waals surface area contributed by atoms with Gasteiger partial charge in [0.2, 0.25) is 0 Å². The van der Waals surface area contributed by atoms with E-state index in [9.17, 15) is 4.79 Å². The van der Waals surface area contributed by atoms with Crippen LogP contribution in [0.15, 0.2) is 24.3 Å². The third-order valence-electron chi connectivity index (χ3n) is 6.90. The first-order chi connectivity index (χ1) is 16.8. The van der Waals surface area contributed by atoms with Gasteiger partial charge < -0.3 is 28.4 Å². The molecule has 0 spiro atoms. The van der Waals surface area contributed by atoms with Crippen LogP contribution >= 0.6 is 0 Å². The Hall–Kier alpha value is -2.56. The Morgan fingerprint density at radius 2 is 1.69 bits per heavy atom. The summed E-state index contributed by atoms with van der Waals surface area (Å²) in [7, 11) is 1.03. The van der Waals surface area contributed by atoms with Crippen molar-refractivity contribution in [3.05, 3.63) is 41.2 Å². The second-order valence-electron chi connectivity index (χ2n) is 11.4. The Morgan fingerprint density at radius 3 is 2.28 bits per heavy atom. The van der Waals surface area contributed by atoms with E-state index in [0.29, 0.717) is 26.2 Å². The molecule has 3 heterocycles. The number of hydrogen-bond donors (Lipinski definition) is 0. The number of carbonyl (C=O) groups is 1. The van der Waals surface area contributed by atoms with Gasteiger partial charge in [-0.25, -0.2) is 4.79 Å². The normalized spacial score (nSPS) is 18.8. The summed E-state index contributed by atoms with van der Waals surface area (Å²) in [6.45, 7) is 15.8. The molecule has 0 radical (unpaired) electrons. The lowest BCUT2D eigenvalue weighted by Gasteiger charge is -2.32. The minimum Gasteiger partial charge on any atom is -0.497 e. The fourth-order valence-corrected chi connectivity index (χ4v) is 4.20. The predicted molar refractivity (Wildman–Crippen MR) is 136 cm³/mol. The van der Waals surface area contributed by atoms with E-state index in [1.165, 1.54) is 0 Å². The van der Waals surface area contributed by atoms with Gasteiger partial charge >= 0.3 is 13.2 Å². The Balaban J connectivity index is 1.58. The molecule has 1 fully saturated rings. The molecule has 2 aliphatic heterocycles. The first-order valence-electron chi connectivity index (χ1n) is 12.4. The quantitative estimate of drug-likeness (QED) is 0.561. The van der Waals surface area contributed by atoms with Gasteiger partial charge in [-0.15, -0.1) is 0 Å². The molecule has 196 valence electrons. The van der Waals surface area contributed by atoms with Crippen LogP contribution in [0.25, 0.3) is 0 Å². The third kappa shape index (κ3) is 5.55. The van der Waals surface area contributed by atoms with Crippen LogP contribution in [-0.4, -0.2) is 58.3 Å². The summed E-state index contributed by atoms with van der Waals surface area (Å²) in [5.41, 5.74) is 1.92. The van der Waals surface area contributed by atoms with Crippen molar-refractivity contribution in [1.29, 1.82) is 0 Å². The Bertz CT molecular complexity index is 1070. The molecule has 0 aliphatic carbocycles. The van der Waals surface area contributed by atoms with Crippen LogP contribution in [0.2, 0.25) is 0 Å². The average Bonchev–Trinajstić information content (AvgIpc) is 3.24. The van der Waals surface area contributed by atoms with Gasteiger partial charge in [-0.2, -0.15) is 5.10 Å². The van der Waals surface area contributed by atoms with Crippen LogP contribution in [-0.2, 0) is 45.1 Å². The first kappa shape index (κ1) is 26.5. The lowest BCUT2D eigenvalue weighted by molar-refractivity contribution is 0.00578. The number of benzene rings is 1. The van der Waals surface area contributed by atoms with Crippen LogP contribution in [0.5, 0.6) is 5.75 Å². The predicted octanol–water partition coefficient (Wildman–Crippen LogP) is 3.66. The number of rotatable bonds is 6. The molecule has 0 saturated carbocycles. The SMILES string of the molecule is COc1ccc(COCc2nn3c(c2B2OC(C)(C)C(C)(C)O2)CN(C(=O)OC(C)(C)C)CC3)cc1. The standard InChI is InChI=1S/C26H38BN3O6/c1-24(2,3)34-23(31)29-13-14-30-21(15-29)22(27-35-25(4,5)26(6,7)36-27)20(28-30)17-33-16-18-9-11-19(32-8)12-10-18/h9-12H,13-17H2,1-8H3. The highest BCUT2D eigenvalue weighted by Gasteiger charge is 2.54. The molecule has 1 amide bonds. The minimum atomic E-state index is -0.614. The molecule has 4 rings (SSSR count). The van der Waals surface area contributed by atoms with E-state index >= 15 is 0 Å². The zero-order valence-corrected chi connectivity index (χ0v) is 22.7.